The predicted molar refractivity (Wildman–Crippen MR) is 120 cm³/mol. The number of alkyl carbamates (subject to hydrolysis) is 1. The number of ether oxygens (including phenoxy) is 2. The highest BCUT2D eigenvalue weighted by Crippen LogP contribution is 2.25. The van der Waals surface area contributed by atoms with Crippen LogP contribution in [0.3, 0.4) is 0 Å². The lowest BCUT2D eigenvalue weighted by atomic mass is 10.0. The molecule has 0 saturated carbocycles. The molecule has 0 fully saturated rings. The van der Waals surface area contributed by atoms with Crippen molar-refractivity contribution < 1.29 is 19.1 Å². The predicted octanol–water partition coefficient (Wildman–Crippen LogP) is 4.34. The molecular weight excluding hydrogens is 450 g/mol. The maximum atomic E-state index is 12.3. The second kappa shape index (κ2) is 12.4. The van der Waals surface area contributed by atoms with E-state index in [1.807, 2.05) is 42.5 Å². The van der Waals surface area contributed by atoms with Crippen LogP contribution in [-0.4, -0.2) is 31.4 Å². The van der Waals surface area contributed by atoms with Gasteiger partial charge < -0.3 is 14.8 Å². The lowest BCUT2D eigenvalue weighted by Crippen LogP contribution is -2.33. The van der Waals surface area contributed by atoms with Crippen LogP contribution in [0.4, 0.5) is 4.79 Å². The van der Waals surface area contributed by atoms with Gasteiger partial charge in [0.05, 0.1) is 29.8 Å². The van der Waals surface area contributed by atoms with E-state index in [2.05, 4.69) is 38.4 Å². The molecule has 2 amide bonds. The van der Waals surface area contributed by atoms with Crippen LogP contribution in [0.2, 0.25) is 0 Å². The zero-order valence-corrected chi connectivity index (χ0v) is 18.2. The van der Waals surface area contributed by atoms with Gasteiger partial charge >= 0.3 is 6.09 Å². The molecule has 1 atom stereocenters. The van der Waals surface area contributed by atoms with Crippen LogP contribution in [0.1, 0.15) is 30.5 Å². The van der Waals surface area contributed by atoms with E-state index in [0.29, 0.717) is 12.4 Å². The molecule has 0 aliphatic carbocycles. The van der Waals surface area contributed by atoms with Crippen molar-refractivity contribution in [1.82, 2.24) is 10.7 Å². The molecule has 7 nitrogen and oxygen atoms in total. The highest BCUT2D eigenvalue weighted by atomic mass is 79.9. The fraction of sp³-hybridized carbons (Fsp3) is 0.227. The molecule has 2 N–H and O–H groups in total. The molecule has 0 aliphatic rings. The van der Waals surface area contributed by atoms with Crippen LogP contribution in [-0.2, 0) is 9.53 Å². The number of amides is 2. The first-order chi connectivity index (χ1) is 14.5. The fourth-order valence-electron chi connectivity index (χ4n) is 2.53. The number of benzene rings is 2. The van der Waals surface area contributed by atoms with Crippen LogP contribution in [0.15, 0.2) is 70.8 Å². The molecule has 0 aromatic heterocycles. The summed E-state index contributed by atoms with van der Waals surface area (Å²) in [5.74, 6) is 0.341. The number of hydrogen-bond donors (Lipinski definition) is 2. The lowest BCUT2D eigenvalue weighted by molar-refractivity contribution is -0.121. The summed E-state index contributed by atoms with van der Waals surface area (Å²) >= 11 is 3.43. The summed E-state index contributed by atoms with van der Waals surface area (Å²) in [6.07, 6.45) is 2.62. The van der Waals surface area contributed by atoms with Gasteiger partial charge in [-0.05, 0) is 52.2 Å². The molecule has 0 aliphatic heterocycles. The normalized spacial score (nSPS) is 11.5. The first-order valence-electron chi connectivity index (χ1n) is 9.36. The quantitative estimate of drug-likeness (QED) is 0.305. The van der Waals surface area contributed by atoms with Gasteiger partial charge in [0, 0.05) is 0 Å². The van der Waals surface area contributed by atoms with E-state index in [4.69, 9.17) is 9.47 Å². The summed E-state index contributed by atoms with van der Waals surface area (Å²) in [7, 11) is 0. The molecule has 0 heterocycles. The Balaban J connectivity index is 1.97. The van der Waals surface area contributed by atoms with Crippen LogP contribution in [0.5, 0.6) is 5.75 Å². The summed E-state index contributed by atoms with van der Waals surface area (Å²) in [5, 5.41) is 6.69. The van der Waals surface area contributed by atoms with Gasteiger partial charge in [-0.3, -0.25) is 4.79 Å². The Morgan fingerprint density at radius 1 is 1.23 bits per heavy atom. The maximum Gasteiger partial charge on any atom is 0.407 e. The van der Waals surface area contributed by atoms with Gasteiger partial charge in [0.1, 0.15) is 12.4 Å². The van der Waals surface area contributed by atoms with E-state index in [0.717, 1.165) is 15.6 Å². The van der Waals surface area contributed by atoms with Gasteiger partial charge in [0.15, 0.2) is 0 Å². The summed E-state index contributed by atoms with van der Waals surface area (Å²) < 4.78 is 11.2. The van der Waals surface area contributed by atoms with Crippen molar-refractivity contribution in [2.24, 2.45) is 5.10 Å². The third-order valence-electron chi connectivity index (χ3n) is 3.87. The van der Waals surface area contributed by atoms with Gasteiger partial charge in [0.2, 0.25) is 5.91 Å². The topological polar surface area (TPSA) is 89.0 Å². The Bertz CT molecular complexity index is 887. The molecule has 0 bridgehead atoms. The smallest absolute Gasteiger partial charge is 0.407 e. The van der Waals surface area contributed by atoms with Crippen LogP contribution in [0.25, 0.3) is 0 Å². The molecule has 8 heteroatoms. The first-order valence-corrected chi connectivity index (χ1v) is 10.2. The van der Waals surface area contributed by atoms with Crippen LogP contribution >= 0.6 is 15.9 Å². The molecule has 2 aromatic rings. The molecule has 0 saturated heterocycles. The van der Waals surface area contributed by atoms with E-state index in [1.54, 1.807) is 19.1 Å². The molecule has 30 heavy (non-hydrogen) atoms. The molecule has 2 aromatic carbocycles. The van der Waals surface area contributed by atoms with Crippen molar-refractivity contribution in [1.29, 1.82) is 0 Å². The molecular formula is C22H24BrN3O4. The zero-order valence-electron chi connectivity index (χ0n) is 16.6. The number of rotatable bonds is 10. The molecule has 0 radical (unpaired) electrons. The van der Waals surface area contributed by atoms with Gasteiger partial charge in [0.25, 0.3) is 0 Å². The minimum absolute atomic E-state index is 0.0121. The van der Waals surface area contributed by atoms with Crippen molar-refractivity contribution in [3.63, 3.8) is 0 Å². The Labute approximate surface area is 184 Å². The summed E-state index contributed by atoms with van der Waals surface area (Å²) in [5.41, 5.74) is 4.05. The van der Waals surface area contributed by atoms with Crippen molar-refractivity contribution in [3.05, 3.63) is 76.8 Å². The molecule has 158 valence electrons. The van der Waals surface area contributed by atoms with E-state index >= 15 is 0 Å². The van der Waals surface area contributed by atoms with Crippen LogP contribution < -0.4 is 15.5 Å². The monoisotopic (exact) mass is 473 g/mol. The number of carbonyl (C=O) groups is 2. The third-order valence-corrected chi connectivity index (χ3v) is 4.49. The molecule has 2 rings (SSSR count). The van der Waals surface area contributed by atoms with Crippen molar-refractivity contribution in [2.75, 3.05) is 13.2 Å². The standard InChI is InChI=1S/C22H24BrN3O4/c1-3-12-30-20-11-10-16(13-18(20)23)15-24-26-21(27)14-19(25-22(28)29-4-2)17-8-6-5-7-9-17/h3,5-11,13,15,19H,1,4,12,14H2,2H3,(H,25,28)(H,26,27)/b24-15-/t19-/m0/s1. The van der Waals surface area contributed by atoms with E-state index < -0.39 is 12.1 Å². The van der Waals surface area contributed by atoms with Gasteiger partial charge in [-0.1, -0.05) is 43.0 Å². The third kappa shape index (κ3) is 7.71. The number of carbonyl (C=O) groups excluding carboxylic acids is 2. The number of halogens is 1. The number of nitrogens with zero attached hydrogens (tertiary/aromatic N) is 1. The largest absolute Gasteiger partial charge is 0.488 e. The van der Waals surface area contributed by atoms with Crippen molar-refractivity contribution >= 4 is 34.1 Å². The summed E-state index contributed by atoms with van der Waals surface area (Å²) in [6, 6.07) is 14.1. The van der Waals surface area contributed by atoms with Gasteiger partial charge in [-0.25, -0.2) is 10.2 Å². The van der Waals surface area contributed by atoms with E-state index in [9.17, 15) is 9.59 Å². The van der Waals surface area contributed by atoms with E-state index in [-0.39, 0.29) is 18.9 Å². The Morgan fingerprint density at radius 2 is 2.00 bits per heavy atom. The summed E-state index contributed by atoms with van der Waals surface area (Å²) in [6.45, 7) is 5.98. The number of hydrogen-bond acceptors (Lipinski definition) is 5. The summed E-state index contributed by atoms with van der Waals surface area (Å²) in [4.78, 5) is 24.2. The highest BCUT2D eigenvalue weighted by Gasteiger charge is 2.18. The zero-order chi connectivity index (χ0) is 21.8. The number of nitrogens with one attached hydrogen (secondary N) is 2. The first kappa shape index (κ1) is 23.2. The van der Waals surface area contributed by atoms with Crippen molar-refractivity contribution in [2.45, 2.75) is 19.4 Å². The second-order valence-electron chi connectivity index (χ2n) is 6.11. The van der Waals surface area contributed by atoms with Crippen molar-refractivity contribution in [3.8, 4) is 5.75 Å². The molecule has 0 spiro atoms. The maximum absolute atomic E-state index is 12.3. The lowest BCUT2D eigenvalue weighted by Gasteiger charge is -2.18. The minimum Gasteiger partial charge on any atom is -0.488 e. The highest BCUT2D eigenvalue weighted by molar-refractivity contribution is 9.10. The van der Waals surface area contributed by atoms with Gasteiger partial charge in [-0.15, -0.1) is 0 Å². The fourth-order valence-corrected chi connectivity index (χ4v) is 3.04. The Hall–Kier alpha value is -3.13. The van der Waals surface area contributed by atoms with E-state index in [1.165, 1.54) is 6.21 Å². The second-order valence-corrected chi connectivity index (χ2v) is 6.97. The Kier molecular flexibility index (Phi) is 9.60. The van der Waals surface area contributed by atoms with Crippen LogP contribution in [0, 0.1) is 0 Å². The average molecular weight is 474 g/mol. The minimum atomic E-state index is -0.578. The SMILES string of the molecule is C=CCOc1ccc(/C=N\NC(=O)C[C@H](NC(=O)OCC)c2ccccc2)cc1Br. The Morgan fingerprint density at radius 3 is 2.67 bits per heavy atom. The number of hydrazone groups is 1. The molecule has 0 unspecified atom stereocenters. The average Bonchev–Trinajstić information content (AvgIpc) is 2.73. The van der Waals surface area contributed by atoms with Gasteiger partial charge in [-0.2, -0.15) is 5.10 Å².